The summed E-state index contributed by atoms with van der Waals surface area (Å²) in [7, 11) is 0. The number of piperidine rings is 1. The number of nitrogens with one attached hydrogen (secondary N) is 2. The van der Waals surface area contributed by atoms with Crippen LogP contribution in [0.15, 0.2) is 30.3 Å². The van der Waals surface area contributed by atoms with E-state index < -0.39 is 0 Å². The molecule has 1 aromatic rings. The van der Waals surface area contributed by atoms with Crippen LogP contribution in [0, 0.1) is 0 Å². The molecule has 0 aliphatic carbocycles. The number of amides is 2. The largest absolute Gasteiger partial charge is 0.396 e. The predicted molar refractivity (Wildman–Crippen MR) is 92.2 cm³/mol. The zero-order valence-corrected chi connectivity index (χ0v) is 14.0. The van der Waals surface area contributed by atoms with Gasteiger partial charge >= 0.3 is 6.03 Å². The SMILES string of the molecule is CC(CCCO)NC(=O)NC1CCN(Cc2ccccc2)CC1. The molecule has 1 saturated heterocycles. The summed E-state index contributed by atoms with van der Waals surface area (Å²) in [4.78, 5) is 14.4. The molecule has 1 heterocycles. The number of carbonyl (C=O) groups is 1. The van der Waals surface area contributed by atoms with Gasteiger partial charge in [-0.05, 0) is 38.2 Å². The van der Waals surface area contributed by atoms with E-state index in [4.69, 9.17) is 5.11 Å². The highest BCUT2D eigenvalue weighted by molar-refractivity contribution is 5.74. The molecule has 5 heteroatoms. The average Bonchev–Trinajstić information content (AvgIpc) is 2.55. The Morgan fingerprint density at radius 1 is 1.30 bits per heavy atom. The maximum Gasteiger partial charge on any atom is 0.315 e. The number of hydrogen-bond acceptors (Lipinski definition) is 3. The van der Waals surface area contributed by atoms with Crippen LogP contribution in [-0.4, -0.2) is 47.8 Å². The van der Waals surface area contributed by atoms with E-state index in [0.717, 1.165) is 45.3 Å². The Morgan fingerprint density at radius 3 is 2.65 bits per heavy atom. The summed E-state index contributed by atoms with van der Waals surface area (Å²) in [5.74, 6) is 0. The van der Waals surface area contributed by atoms with E-state index in [1.807, 2.05) is 13.0 Å². The van der Waals surface area contributed by atoms with Crippen LogP contribution in [0.5, 0.6) is 0 Å². The summed E-state index contributed by atoms with van der Waals surface area (Å²) in [5, 5.41) is 14.8. The number of nitrogens with zero attached hydrogens (tertiary/aromatic N) is 1. The van der Waals surface area contributed by atoms with Gasteiger partial charge < -0.3 is 15.7 Å². The van der Waals surface area contributed by atoms with Crippen molar-refractivity contribution in [3.63, 3.8) is 0 Å². The number of hydrogen-bond donors (Lipinski definition) is 3. The second-order valence-electron chi connectivity index (χ2n) is 6.42. The smallest absolute Gasteiger partial charge is 0.315 e. The van der Waals surface area contributed by atoms with E-state index in [9.17, 15) is 4.79 Å². The number of aliphatic hydroxyl groups is 1. The first-order valence-electron chi connectivity index (χ1n) is 8.61. The van der Waals surface area contributed by atoms with Crippen LogP contribution in [-0.2, 0) is 6.54 Å². The second kappa shape index (κ2) is 9.53. The molecule has 1 aliphatic rings. The molecule has 0 saturated carbocycles. The molecule has 1 aromatic carbocycles. The van der Waals surface area contributed by atoms with Crippen molar-refractivity contribution in [2.45, 2.75) is 51.2 Å². The van der Waals surface area contributed by atoms with Gasteiger partial charge in [0, 0.05) is 38.3 Å². The molecule has 1 atom stereocenters. The first-order valence-corrected chi connectivity index (χ1v) is 8.61. The van der Waals surface area contributed by atoms with Gasteiger partial charge in [-0.15, -0.1) is 0 Å². The zero-order chi connectivity index (χ0) is 16.5. The van der Waals surface area contributed by atoms with Crippen molar-refractivity contribution in [1.82, 2.24) is 15.5 Å². The van der Waals surface area contributed by atoms with Gasteiger partial charge in [-0.2, -0.15) is 0 Å². The Kier molecular flexibility index (Phi) is 7.36. The van der Waals surface area contributed by atoms with Crippen LogP contribution < -0.4 is 10.6 Å². The van der Waals surface area contributed by atoms with Gasteiger partial charge in [-0.25, -0.2) is 4.79 Å². The lowest BCUT2D eigenvalue weighted by Crippen LogP contribution is -2.49. The molecule has 2 rings (SSSR count). The van der Waals surface area contributed by atoms with E-state index in [1.54, 1.807) is 0 Å². The molecule has 0 bridgehead atoms. The summed E-state index contributed by atoms with van der Waals surface area (Å²) in [6, 6.07) is 10.8. The van der Waals surface area contributed by atoms with E-state index in [2.05, 4.69) is 39.8 Å². The third kappa shape index (κ3) is 6.59. The van der Waals surface area contributed by atoms with Gasteiger partial charge in [0.1, 0.15) is 0 Å². The minimum Gasteiger partial charge on any atom is -0.396 e. The highest BCUT2D eigenvalue weighted by Gasteiger charge is 2.21. The Bertz CT molecular complexity index is 459. The maximum absolute atomic E-state index is 12.0. The fourth-order valence-electron chi connectivity index (χ4n) is 3.00. The fraction of sp³-hybridized carbons (Fsp3) is 0.611. The standard InChI is InChI=1S/C18H29N3O2/c1-15(6-5-13-22)19-18(23)20-17-9-11-21(12-10-17)14-16-7-3-2-4-8-16/h2-4,7-8,15,17,22H,5-6,9-14H2,1H3,(H2,19,20,23). The summed E-state index contributed by atoms with van der Waals surface area (Å²) >= 11 is 0. The van der Waals surface area contributed by atoms with Crippen molar-refractivity contribution in [3.05, 3.63) is 35.9 Å². The molecule has 23 heavy (non-hydrogen) atoms. The molecule has 0 aromatic heterocycles. The van der Waals surface area contributed by atoms with Gasteiger partial charge in [-0.1, -0.05) is 30.3 Å². The summed E-state index contributed by atoms with van der Waals surface area (Å²) < 4.78 is 0. The molecular formula is C18H29N3O2. The van der Waals surface area contributed by atoms with Crippen LogP contribution >= 0.6 is 0 Å². The number of rotatable bonds is 7. The third-order valence-electron chi connectivity index (χ3n) is 4.34. The minimum absolute atomic E-state index is 0.0862. The van der Waals surface area contributed by atoms with Crippen LogP contribution in [0.25, 0.3) is 0 Å². The quantitative estimate of drug-likeness (QED) is 0.721. The number of aliphatic hydroxyl groups excluding tert-OH is 1. The molecule has 1 aliphatic heterocycles. The predicted octanol–water partition coefficient (Wildman–Crippen LogP) is 2.11. The van der Waals surface area contributed by atoms with Crippen molar-refractivity contribution in [2.24, 2.45) is 0 Å². The highest BCUT2D eigenvalue weighted by Crippen LogP contribution is 2.13. The van der Waals surface area contributed by atoms with Gasteiger partial charge in [0.2, 0.25) is 0 Å². The molecule has 0 spiro atoms. The van der Waals surface area contributed by atoms with E-state index in [1.165, 1.54) is 5.56 Å². The summed E-state index contributed by atoms with van der Waals surface area (Å²) in [5.41, 5.74) is 1.34. The maximum atomic E-state index is 12.0. The molecule has 3 N–H and O–H groups in total. The monoisotopic (exact) mass is 319 g/mol. The Morgan fingerprint density at radius 2 is 2.00 bits per heavy atom. The highest BCUT2D eigenvalue weighted by atomic mass is 16.3. The van der Waals surface area contributed by atoms with Crippen LogP contribution in [0.2, 0.25) is 0 Å². The normalized spacial score (nSPS) is 17.7. The summed E-state index contributed by atoms with van der Waals surface area (Å²) in [6.07, 6.45) is 3.51. The first kappa shape index (κ1) is 17.8. The lowest BCUT2D eigenvalue weighted by Gasteiger charge is -2.32. The lowest BCUT2D eigenvalue weighted by molar-refractivity contribution is 0.185. The van der Waals surface area contributed by atoms with Gasteiger partial charge in [0.05, 0.1) is 0 Å². The van der Waals surface area contributed by atoms with Gasteiger partial charge in [0.25, 0.3) is 0 Å². The van der Waals surface area contributed by atoms with Crippen LogP contribution in [0.4, 0.5) is 4.79 Å². The van der Waals surface area contributed by atoms with Crippen molar-refractivity contribution in [3.8, 4) is 0 Å². The number of carbonyl (C=O) groups excluding carboxylic acids is 1. The number of likely N-dealkylation sites (tertiary alicyclic amines) is 1. The molecular weight excluding hydrogens is 290 g/mol. The number of benzene rings is 1. The zero-order valence-electron chi connectivity index (χ0n) is 14.0. The molecule has 2 amide bonds. The molecule has 128 valence electrons. The summed E-state index contributed by atoms with van der Waals surface area (Å²) in [6.45, 7) is 5.16. The molecule has 1 fully saturated rings. The van der Waals surface area contributed by atoms with Crippen LogP contribution in [0.1, 0.15) is 38.2 Å². The van der Waals surface area contributed by atoms with Gasteiger partial charge in [-0.3, -0.25) is 4.90 Å². The Balaban J connectivity index is 1.65. The Labute approximate surface area is 139 Å². The Hall–Kier alpha value is -1.59. The van der Waals surface area contributed by atoms with E-state index in [0.29, 0.717) is 0 Å². The molecule has 1 unspecified atom stereocenters. The van der Waals surface area contributed by atoms with Crippen molar-refractivity contribution in [2.75, 3.05) is 19.7 Å². The number of urea groups is 1. The van der Waals surface area contributed by atoms with Crippen molar-refractivity contribution >= 4 is 6.03 Å². The second-order valence-corrected chi connectivity index (χ2v) is 6.42. The molecule has 5 nitrogen and oxygen atoms in total. The first-order chi connectivity index (χ1) is 11.2. The van der Waals surface area contributed by atoms with Crippen molar-refractivity contribution < 1.29 is 9.90 Å². The lowest BCUT2D eigenvalue weighted by atomic mass is 10.0. The third-order valence-corrected chi connectivity index (χ3v) is 4.34. The van der Waals surface area contributed by atoms with Gasteiger partial charge in [0.15, 0.2) is 0 Å². The fourth-order valence-corrected chi connectivity index (χ4v) is 3.00. The molecule has 0 radical (unpaired) electrons. The van der Waals surface area contributed by atoms with Crippen molar-refractivity contribution in [1.29, 1.82) is 0 Å². The topological polar surface area (TPSA) is 64.6 Å². The minimum atomic E-state index is -0.0862. The average molecular weight is 319 g/mol. The van der Waals surface area contributed by atoms with Crippen LogP contribution in [0.3, 0.4) is 0 Å². The van der Waals surface area contributed by atoms with E-state index in [-0.39, 0.29) is 24.7 Å². The van der Waals surface area contributed by atoms with E-state index >= 15 is 0 Å².